The molecule has 8 heteroatoms. The van der Waals surface area contributed by atoms with Gasteiger partial charge >= 0.3 is 0 Å². The van der Waals surface area contributed by atoms with E-state index in [-0.39, 0.29) is 11.6 Å². The largest absolute Gasteiger partial charge is 0.455 e. The highest BCUT2D eigenvalue weighted by molar-refractivity contribution is 9.10. The number of carbonyl (C=O) groups is 1. The van der Waals surface area contributed by atoms with Crippen LogP contribution in [0, 0.1) is 17.0 Å². The minimum atomic E-state index is -0.467. The molecule has 0 aliphatic heterocycles. The lowest BCUT2D eigenvalue weighted by molar-refractivity contribution is -0.384. The van der Waals surface area contributed by atoms with E-state index in [4.69, 9.17) is 4.42 Å². The van der Waals surface area contributed by atoms with Gasteiger partial charge in [-0.05, 0) is 53.2 Å². The number of hydrazone groups is 1. The van der Waals surface area contributed by atoms with Crippen LogP contribution < -0.4 is 5.43 Å². The first-order valence-corrected chi connectivity index (χ1v) is 8.67. The summed E-state index contributed by atoms with van der Waals surface area (Å²) in [7, 11) is 0. The molecule has 2 aromatic carbocycles. The number of nitro groups is 1. The van der Waals surface area contributed by atoms with Gasteiger partial charge < -0.3 is 4.42 Å². The van der Waals surface area contributed by atoms with Crippen LogP contribution in [0.15, 0.2) is 68.6 Å². The Morgan fingerprint density at radius 1 is 1.19 bits per heavy atom. The fourth-order valence-corrected chi connectivity index (χ4v) is 2.87. The van der Waals surface area contributed by atoms with E-state index in [0.29, 0.717) is 27.1 Å². The van der Waals surface area contributed by atoms with Gasteiger partial charge in [-0.25, -0.2) is 5.43 Å². The van der Waals surface area contributed by atoms with E-state index in [0.717, 1.165) is 5.56 Å². The van der Waals surface area contributed by atoms with Crippen LogP contribution in [0.2, 0.25) is 0 Å². The number of hydrogen-bond donors (Lipinski definition) is 1. The molecule has 0 saturated heterocycles. The smallest absolute Gasteiger partial charge is 0.271 e. The average Bonchev–Trinajstić information content (AvgIpc) is 3.10. The maximum absolute atomic E-state index is 12.0. The van der Waals surface area contributed by atoms with Crippen molar-refractivity contribution in [3.05, 3.63) is 86.1 Å². The number of amides is 1. The molecule has 0 aliphatic carbocycles. The Morgan fingerprint density at radius 2 is 1.93 bits per heavy atom. The minimum Gasteiger partial charge on any atom is -0.455 e. The van der Waals surface area contributed by atoms with Gasteiger partial charge in [0.25, 0.3) is 11.6 Å². The van der Waals surface area contributed by atoms with Crippen LogP contribution >= 0.6 is 15.9 Å². The maximum atomic E-state index is 12.0. The van der Waals surface area contributed by atoms with E-state index in [9.17, 15) is 14.9 Å². The Balaban J connectivity index is 1.69. The number of aryl methyl sites for hydroxylation is 1. The summed E-state index contributed by atoms with van der Waals surface area (Å²) < 4.78 is 6.20. The summed E-state index contributed by atoms with van der Waals surface area (Å²) in [5, 5.41) is 14.7. The van der Waals surface area contributed by atoms with Crippen LogP contribution in [0.4, 0.5) is 5.69 Å². The predicted octanol–water partition coefficient (Wildman–Crippen LogP) is 4.69. The summed E-state index contributed by atoms with van der Waals surface area (Å²) in [6, 6.07) is 14.9. The molecule has 1 N–H and O–H groups in total. The molecule has 0 spiro atoms. The van der Waals surface area contributed by atoms with Gasteiger partial charge in [0.15, 0.2) is 0 Å². The lowest BCUT2D eigenvalue weighted by atomic mass is 10.1. The zero-order valence-corrected chi connectivity index (χ0v) is 15.8. The molecule has 0 bridgehead atoms. The molecule has 3 rings (SSSR count). The van der Waals surface area contributed by atoms with Gasteiger partial charge in [0, 0.05) is 27.7 Å². The monoisotopic (exact) mass is 427 g/mol. The molecular weight excluding hydrogens is 414 g/mol. The molecule has 0 atom stereocenters. The molecule has 0 saturated carbocycles. The van der Waals surface area contributed by atoms with Crippen LogP contribution in [0.5, 0.6) is 0 Å². The molecule has 1 heterocycles. The molecule has 1 aromatic heterocycles. The number of furan rings is 1. The Bertz CT molecular complexity index is 1030. The molecule has 7 nitrogen and oxygen atoms in total. The first-order valence-electron chi connectivity index (χ1n) is 7.88. The van der Waals surface area contributed by atoms with Crippen LogP contribution in [0.25, 0.3) is 11.3 Å². The van der Waals surface area contributed by atoms with Crippen molar-refractivity contribution >= 4 is 33.7 Å². The van der Waals surface area contributed by atoms with Crippen LogP contribution in [-0.4, -0.2) is 17.0 Å². The highest BCUT2D eigenvalue weighted by atomic mass is 79.9. The van der Waals surface area contributed by atoms with Crippen molar-refractivity contribution in [2.45, 2.75) is 6.92 Å². The van der Waals surface area contributed by atoms with Crippen LogP contribution in [-0.2, 0) is 0 Å². The van der Waals surface area contributed by atoms with Gasteiger partial charge in [-0.1, -0.05) is 17.7 Å². The number of non-ortho nitro benzene ring substituents is 1. The fourth-order valence-electron chi connectivity index (χ4n) is 2.31. The zero-order chi connectivity index (χ0) is 19.4. The second kappa shape index (κ2) is 7.96. The first-order chi connectivity index (χ1) is 12.9. The second-order valence-electron chi connectivity index (χ2n) is 5.69. The quantitative estimate of drug-likeness (QED) is 0.362. The molecule has 136 valence electrons. The predicted molar refractivity (Wildman–Crippen MR) is 105 cm³/mol. The summed E-state index contributed by atoms with van der Waals surface area (Å²) in [6.07, 6.45) is 1.38. The zero-order valence-electron chi connectivity index (χ0n) is 14.2. The van der Waals surface area contributed by atoms with Crippen LogP contribution in [0.3, 0.4) is 0 Å². The van der Waals surface area contributed by atoms with Crippen molar-refractivity contribution in [1.82, 2.24) is 5.43 Å². The Hall–Kier alpha value is -3.26. The lowest BCUT2D eigenvalue weighted by Gasteiger charge is -2.01. The molecule has 0 unspecified atom stereocenters. The summed E-state index contributed by atoms with van der Waals surface area (Å²) in [4.78, 5) is 22.3. The van der Waals surface area contributed by atoms with E-state index >= 15 is 0 Å². The van der Waals surface area contributed by atoms with E-state index in [1.807, 2.05) is 19.1 Å². The topological polar surface area (TPSA) is 97.7 Å². The van der Waals surface area contributed by atoms with Gasteiger partial charge in [0.05, 0.1) is 11.1 Å². The normalized spacial score (nSPS) is 10.9. The van der Waals surface area contributed by atoms with Gasteiger partial charge in [-0.2, -0.15) is 5.10 Å². The number of nitro benzene ring substituents is 1. The standard InChI is InChI=1S/C19H14BrN3O4/c1-12-2-4-13(5-3-12)19(24)22-21-11-15-7-9-18(27-15)16-8-6-14(23(25)26)10-17(16)20/h2-11H,1H3,(H,22,24)/b21-11-. The third-order valence-corrected chi connectivity index (χ3v) is 4.38. The second-order valence-corrected chi connectivity index (χ2v) is 6.54. The summed E-state index contributed by atoms with van der Waals surface area (Å²) in [6.45, 7) is 1.94. The van der Waals surface area contributed by atoms with Crippen molar-refractivity contribution in [2.75, 3.05) is 0 Å². The highest BCUT2D eigenvalue weighted by Gasteiger charge is 2.13. The highest BCUT2D eigenvalue weighted by Crippen LogP contribution is 2.32. The van der Waals surface area contributed by atoms with E-state index in [1.165, 1.54) is 18.3 Å². The maximum Gasteiger partial charge on any atom is 0.271 e. The molecule has 27 heavy (non-hydrogen) atoms. The molecule has 1 amide bonds. The molecule has 0 aliphatic rings. The number of nitrogens with one attached hydrogen (secondary N) is 1. The Morgan fingerprint density at radius 3 is 2.59 bits per heavy atom. The van der Waals surface area contributed by atoms with Gasteiger partial charge in [0.2, 0.25) is 0 Å². The number of carbonyl (C=O) groups excluding carboxylic acids is 1. The molecule has 3 aromatic rings. The Kier molecular flexibility index (Phi) is 5.46. The minimum absolute atomic E-state index is 0.0159. The number of rotatable bonds is 5. The van der Waals surface area contributed by atoms with Crippen molar-refractivity contribution in [3.8, 4) is 11.3 Å². The lowest BCUT2D eigenvalue weighted by Crippen LogP contribution is -2.17. The van der Waals surface area contributed by atoms with Crippen molar-refractivity contribution < 1.29 is 14.1 Å². The Labute approximate surface area is 163 Å². The average molecular weight is 428 g/mol. The number of hydrogen-bond acceptors (Lipinski definition) is 5. The summed E-state index contributed by atoms with van der Waals surface area (Å²) in [5.41, 5.74) is 4.66. The van der Waals surface area contributed by atoms with E-state index in [2.05, 4.69) is 26.5 Å². The molecule has 0 radical (unpaired) electrons. The third kappa shape index (κ3) is 4.48. The van der Waals surface area contributed by atoms with E-state index < -0.39 is 4.92 Å². The number of nitrogens with zero attached hydrogens (tertiary/aromatic N) is 2. The van der Waals surface area contributed by atoms with Crippen molar-refractivity contribution in [1.29, 1.82) is 0 Å². The van der Waals surface area contributed by atoms with Crippen molar-refractivity contribution in [3.63, 3.8) is 0 Å². The van der Waals surface area contributed by atoms with Crippen LogP contribution in [0.1, 0.15) is 21.7 Å². The number of halogens is 1. The third-order valence-electron chi connectivity index (χ3n) is 3.73. The van der Waals surface area contributed by atoms with Gasteiger partial charge in [-0.15, -0.1) is 0 Å². The van der Waals surface area contributed by atoms with Gasteiger partial charge in [-0.3, -0.25) is 14.9 Å². The van der Waals surface area contributed by atoms with E-state index in [1.54, 1.807) is 30.3 Å². The van der Waals surface area contributed by atoms with Gasteiger partial charge in [0.1, 0.15) is 11.5 Å². The molecular formula is C19H14BrN3O4. The molecule has 0 fully saturated rings. The number of benzene rings is 2. The summed E-state index contributed by atoms with van der Waals surface area (Å²) >= 11 is 3.31. The fraction of sp³-hybridized carbons (Fsp3) is 0.0526. The SMILES string of the molecule is Cc1ccc(C(=O)N/N=C\c2ccc(-c3ccc([N+](=O)[O-])cc3Br)o2)cc1. The summed E-state index contributed by atoms with van der Waals surface area (Å²) in [5.74, 6) is 0.624. The van der Waals surface area contributed by atoms with Crippen molar-refractivity contribution in [2.24, 2.45) is 5.10 Å². The first kappa shape index (κ1) is 18.5.